The predicted molar refractivity (Wildman–Crippen MR) is 107 cm³/mol. The Labute approximate surface area is 172 Å². The first-order chi connectivity index (χ1) is 14.2. The van der Waals surface area contributed by atoms with Crippen molar-refractivity contribution in [2.45, 2.75) is 24.5 Å². The molecule has 1 aromatic heterocycles. The number of sulfonamides is 1. The van der Waals surface area contributed by atoms with Crippen LogP contribution in [0.5, 0.6) is 0 Å². The van der Waals surface area contributed by atoms with E-state index in [1.54, 1.807) is 0 Å². The molecule has 1 atom stereocenters. The summed E-state index contributed by atoms with van der Waals surface area (Å²) in [6, 6.07) is 14.9. The quantitative estimate of drug-likeness (QED) is 0.536. The lowest BCUT2D eigenvalue weighted by atomic mass is 10.2. The third kappa shape index (κ3) is 5.49. The minimum Gasteiger partial charge on any atom is -0.448 e. The highest BCUT2D eigenvalue weighted by Gasteiger charge is 2.21. The second kappa shape index (κ2) is 8.84. The Morgan fingerprint density at radius 1 is 1.17 bits per heavy atom. The van der Waals surface area contributed by atoms with Gasteiger partial charge in [-0.2, -0.15) is 0 Å². The van der Waals surface area contributed by atoms with Gasteiger partial charge in [-0.1, -0.05) is 41.6 Å². The van der Waals surface area contributed by atoms with Gasteiger partial charge in [0.25, 0.3) is 5.91 Å². The number of hydrogen-bond acceptors (Lipinski definition) is 7. The molecular weight excluding hydrogens is 410 g/mol. The lowest BCUT2D eigenvalue weighted by molar-refractivity contribution is -0.123. The molecule has 1 amide bonds. The molecule has 0 saturated heterocycles. The summed E-state index contributed by atoms with van der Waals surface area (Å²) in [7, 11) is -3.91. The van der Waals surface area contributed by atoms with E-state index >= 15 is 0 Å². The monoisotopic (exact) mass is 429 g/mol. The Hall–Kier alpha value is -3.57. The van der Waals surface area contributed by atoms with Crippen LogP contribution in [0, 0.1) is 0 Å². The molecule has 1 unspecified atom stereocenters. The van der Waals surface area contributed by atoms with Crippen molar-refractivity contribution in [1.29, 1.82) is 0 Å². The molecule has 0 spiro atoms. The number of rotatable bonds is 7. The zero-order chi connectivity index (χ0) is 21.7. The van der Waals surface area contributed by atoms with Crippen molar-refractivity contribution >= 4 is 27.6 Å². The van der Waals surface area contributed by atoms with Crippen LogP contribution in [-0.2, 0) is 26.1 Å². The molecule has 30 heavy (non-hydrogen) atoms. The third-order valence-electron chi connectivity index (χ3n) is 4.02. The molecule has 0 bridgehead atoms. The summed E-state index contributed by atoms with van der Waals surface area (Å²) in [5, 5.41) is 15.2. The summed E-state index contributed by atoms with van der Waals surface area (Å²) in [4.78, 5) is 24.4. The van der Waals surface area contributed by atoms with Crippen LogP contribution in [0.2, 0.25) is 0 Å². The Morgan fingerprint density at radius 2 is 1.90 bits per heavy atom. The van der Waals surface area contributed by atoms with Crippen molar-refractivity contribution in [3.63, 3.8) is 0 Å². The van der Waals surface area contributed by atoms with Gasteiger partial charge in [-0.15, -0.1) is 5.10 Å². The van der Waals surface area contributed by atoms with Gasteiger partial charge in [-0.25, -0.2) is 23.0 Å². The van der Waals surface area contributed by atoms with E-state index in [1.165, 1.54) is 42.1 Å². The smallest absolute Gasteiger partial charge is 0.361 e. The number of carbonyl (C=O) groups is 2. The molecule has 0 radical (unpaired) electrons. The first kappa shape index (κ1) is 21.1. The molecule has 0 aliphatic heterocycles. The van der Waals surface area contributed by atoms with E-state index in [-0.39, 0.29) is 16.3 Å². The van der Waals surface area contributed by atoms with Crippen molar-refractivity contribution in [3.05, 3.63) is 72.1 Å². The van der Waals surface area contributed by atoms with Crippen LogP contribution in [0.1, 0.15) is 23.0 Å². The maximum Gasteiger partial charge on any atom is 0.361 e. The van der Waals surface area contributed by atoms with Gasteiger partial charge in [-0.3, -0.25) is 4.79 Å². The van der Waals surface area contributed by atoms with Crippen molar-refractivity contribution in [1.82, 2.24) is 15.0 Å². The van der Waals surface area contributed by atoms with Gasteiger partial charge in [0.1, 0.15) is 0 Å². The SMILES string of the molecule is CC(OC(=O)c1cn(Cc2ccccc2)nn1)C(=O)Nc1cccc(S(N)(=O)=O)c1. The predicted octanol–water partition coefficient (Wildman–Crippen LogP) is 1.16. The largest absolute Gasteiger partial charge is 0.448 e. The van der Waals surface area contributed by atoms with E-state index in [4.69, 9.17) is 9.88 Å². The molecule has 2 aromatic carbocycles. The minimum atomic E-state index is -3.91. The fraction of sp³-hybridized carbons (Fsp3) is 0.158. The first-order valence-electron chi connectivity index (χ1n) is 8.81. The van der Waals surface area contributed by atoms with Gasteiger partial charge in [0, 0.05) is 5.69 Å². The highest BCUT2D eigenvalue weighted by Crippen LogP contribution is 2.15. The molecule has 0 fully saturated rings. The lowest BCUT2D eigenvalue weighted by Crippen LogP contribution is -2.30. The summed E-state index contributed by atoms with van der Waals surface area (Å²) in [5.74, 6) is -1.46. The fourth-order valence-electron chi connectivity index (χ4n) is 2.51. The number of nitrogens with two attached hydrogens (primary N) is 1. The number of anilines is 1. The standard InChI is InChI=1S/C19H19N5O5S/c1-13(18(25)21-15-8-5-9-16(10-15)30(20,27)28)29-19(26)17-12-24(23-22-17)11-14-6-3-2-4-7-14/h2-10,12-13H,11H2,1H3,(H,21,25)(H2,20,27,28). The first-order valence-corrected chi connectivity index (χ1v) is 10.4. The summed E-state index contributed by atoms with van der Waals surface area (Å²) in [5.41, 5.74) is 1.14. The van der Waals surface area contributed by atoms with Crippen molar-refractivity contribution in [2.75, 3.05) is 5.32 Å². The van der Waals surface area contributed by atoms with Crippen molar-refractivity contribution < 1.29 is 22.7 Å². The van der Waals surface area contributed by atoms with Crippen LogP contribution in [0.25, 0.3) is 0 Å². The molecule has 0 saturated carbocycles. The lowest BCUT2D eigenvalue weighted by Gasteiger charge is -2.13. The van der Waals surface area contributed by atoms with Crippen LogP contribution in [0.4, 0.5) is 5.69 Å². The van der Waals surface area contributed by atoms with Gasteiger partial charge in [0.2, 0.25) is 10.0 Å². The molecule has 0 aliphatic rings. The maximum absolute atomic E-state index is 12.3. The maximum atomic E-state index is 12.3. The van der Waals surface area contributed by atoms with Crippen LogP contribution in [0.3, 0.4) is 0 Å². The van der Waals surface area contributed by atoms with Gasteiger partial charge < -0.3 is 10.1 Å². The van der Waals surface area contributed by atoms with Crippen molar-refractivity contribution in [3.8, 4) is 0 Å². The molecule has 3 N–H and O–H groups in total. The van der Waals surface area contributed by atoms with E-state index in [9.17, 15) is 18.0 Å². The summed E-state index contributed by atoms with van der Waals surface area (Å²) in [6.45, 7) is 1.81. The van der Waals surface area contributed by atoms with Gasteiger partial charge >= 0.3 is 5.97 Å². The Balaban J connectivity index is 1.60. The number of amides is 1. The summed E-state index contributed by atoms with van der Waals surface area (Å²) < 4.78 is 29.4. The normalized spacial score (nSPS) is 12.2. The van der Waals surface area contributed by atoms with Gasteiger partial charge in [0.05, 0.1) is 17.6 Å². The number of nitrogens with zero attached hydrogens (tertiary/aromatic N) is 3. The molecule has 11 heteroatoms. The molecule has 0 aliphatic carbocycles. The highest BCUT2D eigenvalue weighted by atomic mass is 32.2. The number of hydrogen-bond donors (Lipinski definition) is 2. The fourth-order valence-corrected chi connectivity index (χ4v) is 3.07. The number of carbonyl (C=O) groups excluding carboxylic acids is 2. The molecule has 156 valence electrons. The van der Waals surface area contributed by atoms with E-state index in [2.05, 4.69) is 15.6 Å². The van der Waals surface area contributed by atoms with Crippen LogP contribution in [-0.4, -0.2) is 41.4 Å². The van der Waals surface area contributed by atoms with Gasteiger partial charge in [0.15, 0.2) is 11.8 Å². The topological polar surface area (TPSA) is 146 Å². The number of ether oxygens (including phenoxy) is 1. The number of primary sulfonamides is 1. The van der Waals surface area contributed by atoms with Gasteiger partial charge in [-0.05, 0) is 30.7 Å². The van der Waals surface area contributed by atoms with E-state index in [1.807, 2.05) is 30.3 Å². The second-order valence-corrected chi connectivity index (χ2v) is 7.96. The third-order valence-corrected chi connectivity index (χ3v) is 4.93. The number of esters is 1. The summed E-state index contributed by atoms with van der Waals surface area (Å²) >= 11 is 0. The molecule has 1 heterocycles. The zero-order valence-corrected chi connectivity index (χ0v) is 16.7. The summed E-state index contributed by atoms with van der Waals surface area (Å²) in [6.07, 6.45) is 0.269. The average molecular weight is 429 g/mol. The average Bonchev–Trinajstić information content (AvgIpc) is 3.17. The van der Waals surface area contributed by atoms with Crippen LogP contribution < -0.4 is 10.5 Å². The number of nitrogens with one attached hydrogen (secondary N) is 1. The molecule has 3 rings (SSSR count). The number of aromatic nitrogens is 3. The Bertz CT molecular complexity index is 1160. The molecular formula is C19H19N5O5S. The second-order valence-electron chi connectivity index (χ2n) is 6.40. The minimum absolute atomic E-state index is 0.0400. The van der Waals surface area contributed by atoms with Crippen molar-refractivity contribution in [2.24, 2.45) is 5.14 Å². The Kier molecular flexibility index (Phi) is 6.23. The van der Waals surface area contributed by atoms with Crippen LogP contribution >= 0.6 is 0 Å². The number of benzene rings is 2. The Morgan fingerprint density at radius 3 is 2.60 bits per heavy atom. The van der Waals surface area contributed by atoms with E-state index in [0.717, 1.165) is 5.56 Å². The van der Waals surface area contributed by atoms with Crippen LogP contribution in [0.15, 0.2) is 65.7 Å². The van der Waals surface area contributed by atoms with E-state index < -0.39 is 28.0 Å². The highest BCUT2D eigenvalue weighted by molar-refractivity contribution is 7.89. The van der Waals surface area contributed by atoms with E-state index in [0.29, 0.717) is 6.54 Å². The molecule has 3 aromatic rings. The molecule has 10 nitrogen and oxygen atoms in total. The zero-order valence-electron chi connectivity index (χ0n) is 15.9.